The molecule has 3 heterocycles. The Morgan fingerprint density at radius 1 is 0.938 bits per heavy atom. The van der Waals surface area contributed by atoms with Crippen molar-refractivity contribution in [3.05, 3.63) is 72.6 Å². The summed E-state index contributed by atoms with van der Waals surface area (Å²) in [6, 6.07) is 19.9. The van der Waals surface area contributed by atoms with Crippen molar-refractivity contribution in [3.8, 4) is 0 Å². The van der Waals surface area contributed by atoms with E-state index in [9.17, 15) is 4.79 Å². The highest BCUT2D eigenvalue weighted by Gasteiger charge is 2.19. The van der Waals surface area contributed by atoms with Crippen molar-refractivity contribution >= 4 is 28.6 Å². The number of carbonyl (C=O) groups excluding carboxylic acids is 1. The Hall–Kier alpha value is -3.85. The molecule has 0 radical (unpaired) electrons. The third-order valence-electron chi connectivity index (χ3n) is 5.58. The minimum absolute atomic E-state index is 0.0675. The molecule has 0 aliphatic carbocycles. The molecule has 9 nitrogen and oxygen atoms in total. The first-order valence-electron chi connectivity index (χ1n) is 10.7. The molecule has 1 amide bonds. The molecule has 1 fully saturated rings. The van der Waals surface area contributed by atoms with E-state index < -0.39 is 0 Å². The lowest BCUT2D eigenvalue weighted by molar-refractivity contribution is -0.116. The Morgan fingerprint density at radius 3 is 2.56 bits per heavy atom. The van der Waals surface area contributed by atoms with E-state index in [0.29, 0.717) is 5.82 Å². The fourth-order valence-corrected chi connectivity index (χ4v) is 3.92. The average Bonchev–Trinajstić information content (AvgIpc) is 3.23. The molecule has 0 unspecified atom stereocenters. The quantitative estimate of drug-likeness (QED) is 0.503. The van der Waals surface area contributed by atoms with Crippen molar-refractivity contribution in [2.24, 2.45) is 0 Å². The maximum atomic E-state index is 12.5. The second-order valence-corrected chi connectivity index (χ2v) is 7.79. The smallest absolute Gasteiger partial charge is 0.247 e. The first-order valence-corrected chi connectivity index (χ1v) is 10.7. The van der Waals surface area contributed by atoms with Crippen molar-refractivity contribution in [2.45, 2.75) is 13.1 Å². The van der Waals surface area contributed by atoms with Crippen molar-refractivity contribution in [1.29, 1.82) is 0 Å². The summed E-state index contributed by atoms with van der Waals surface area (Å²) in [6.45, 7) is 4.69. The summed E-state index contributed by atoms with van der Waals surface area (Å²) in [5.41, 5.74) is 2.91. The minimum Gasteiger partial charge on any atom is -0.354 e. The lowest BCUT2D eigenvalue weighted by Crippen LogP contribution is -2.46. The molecule has 0 bridgehead atoms. The van der Waals surface area contributed by atoms with Gasteiger partial charge in [0.1, 0.15) is 30.0 Å². The molecular weight excluding hydrogens is 404 g/mol. The maximum Gasteiger partial charge on any atom is 0.247 e. The number of amides is 1. The van der Waals surface area contributed by atoms with Crippen LogP contribution in [0.15, 0.2) is 67.0 Å². The molecule has 2 aromatic carbocycles. The first kappa shape index (κ1) is 20.1. The van der Waals surface area contributed by atoms with Crippen LogP contribution in [-0.2, 0) is 17.9 Å². The largest absolute Gasteiger partial charge is 0.354 e. The predicted molar refractivity (Wildman–Crippen MR) is 122 cm³/mol. The van der Waals surface area contributed by atoms with Crippen LogP contribution < -0.4 is 10.2 Å². The molecule has 0 atom stereocenters. The van der Waals surface area contributed by atoms with Crippen LogP contribution in [0.5, 0.6) is 0 Å². The summed E-state index contributed by atoms with van der Waals surface area (Å²) in [5.74, 6) is 1.09. The number of piperazine rings is 1. The van der Waals surface area contributed by atoms with Gasteiger partial charge in [-0.2, -0.15) is 0 Å². The monoisotopic (exact) mass is 428 g/mol. The van der Waals surface area contributed by atoms with Crippen LogP contribution in [0.2, 0.25) is 0 Å². The molecular formula is C23H24N8O. The van der Waals surface area contributed by atoms with Crippen LogP contribution in [0.4, 0.5) is 11.6 Å². The zero-order valence-corrected chi connectivity index (χ0v) is 17.6. The number of anilines is 2. The van der Waals surface area contributed by atoms with Gasteiger partial charge >= 0.3 is 0 Å². The molecule has 1 aliphatic rings. The number of nitrogens with zero attached hydrogens (tertiary/aromatic N) is 7. The predicted octanol–water partition coefficient (Wildman–Crippen LogP) is 2.18. The number of carbonyl (C=O) groups is 1. The topological polar surface area (TPSA) is 92.1 Å². The highest BCUT2D eigenvalue weighted by atomic mass is 16.2. The summed E-state index contributed by atoms with van der Waals surface area (Å²) >= 11 is 0. The Bertz CT molecular complexity index is 1200. The average molecular weight is 429 g/mol. The van der Waals surface area contributed by atoms with Crippen molar-refractivity contribution in [3.63, 3.8) is 0 Å². The molecule has 1 aliphatic heterocycles. The lowest BCUT2D eigenvalue weighted by atomic mass is 10.2. The number of nitrogens with one attached hydrogen (secondary N) is 1. The Balaban J connectivity index is 1.18. The van der Waals surface area contributed by atoms with Crippen molar-refractivity contribution in [1.82, 2.24) is 29.9 Å². The van der Waals surface area contributed by atoms with Crippen molar-refractivity contribution in [2.75, 3.05) is 36.4 Å². The standard InChI is InChI=1S/C23H24N8O/c32-23(16-31-20-9-5-4-8-19(20)27-28-31)26-21-14-22(25-17-24-21)30-12-10-29(11-13-30)15-18-6-2-1-3-7-18/h1-9,14,17H,10-13,15-16H2,(H,24,25,26,32). The van der Waals surface area contributed by atoms with Gasteiger partial charge in [0, 0.05) is 38.8 Å². The number of fused-ring (bicyclic) bond motifs is 1. The number of benzene rings is 2. The molecule has 9 heteroatoms. The molecule has 1 saturated heterocycles. The summed E-state index contributed by atoms with van der Waals surface area (Å²) < 4.78 is 1.58. The van der Waals surface area contributed by atoms with Gasteiger partial charge in [0.15, 0.2) is 0 Å². The van der Waals surface area contributed by atoms with E-state index in [1.165, 1.54) is 11.9 Å². The van der Waals surface area contributed by atoms with E-state index in [1.54, 1.807) is 4.68 Å². The molecule has 162 valence electrons. The fourth-order valence-electron chi connectivity index (χ4n) is 3.92. The summed E-state index contributed by atoms with van der Waals surface area (Å²) in [6.07, 6.45) is 1.49. The third kappa shape index (κ3) is 4.57. The second-order valence-electron chi connectivity index (χ2n) is 7.79. The first-order chi connectivity index (χ1) is 15.7. The summed E-state index contributed by atoms with van der Waals surface area (Å²) in [4.78, 5) is 25.8. The number of hydrogen-bond donors (Lipinski definition) is 1. The van der Waals surface area contributed by atoms with E-state index in [1.807, 2.05) is 36.4 Å². The Kier molecular flexibility index (Phi) is 5.71. The van der Waals surface area contributed by atoms with Gasteiger partial charge in [-0.25, -0.2) is 14.6 Å². The lowest BCUT2D eigenvalue weighted by Gasteiger charge is -2.35. The maximum absolute atomic E-state index is 12.5. The number of para-hydroxylation sites is 1. The zero-order chi connectivity index (χ0) is 21.8. The van der Waals surface area contributed by atoms with Gasteiger partial charge in [0.2, 0.25) is 5.91 Å². The highest BCUT2D eigenvalue weighted by Crippen LogP contribution is 2.18. The van der Waals surface area contributed by atoms with Gasteiger partial charge in [0.25, 0.3) is 0 Å². The third-order valence-corrected chi connectivity index (χ3v) is 5.58. The van der Waals surface area contributed by atoms with E-state index in [0.717, 1.165) is 49.6 Å². The van der Waals surface area contributed by atoms with E-state index in [2.05, 4.69) is 59.7 Å². The SMILES string of the molecule is O=C(Cn1nnc2ccccc21)Nc1cc(N2CCN(Cc3ccccc3)CC2)ncn1. The normalized spacial score (nSPS) is 14.6. The van der Waals surface area contributed by atoms with E-state index in [-0.39, 0.29) is 12.5 Å². The summed E-state index contributed by atoms with van der Waals surface area (Å²) in [7, 11) is 0. The van der Waals surface area contributed by atoms with Crippen molar-refractivity contribution < 1.29 is 4.79 Å². The minimum atomic E-state index is -0.210. The van der Waals surface area contributed by atoms with E-state index in [4.69, 9.17) is 0 Å². The molecule has 0 saturated carbocycles. The molecule has 4 aromatic rings. The van der Waals surface area contributed by atoms with Gasteiger partial charge in [-0.05, 0) is 17.7 Å². The van der Waals surface area contributed by atoms with Gasteiger partial charge in [-0.15, -0.1) is 5.10 Å². The van der Waals surface area contributed by atoms with Crippen LogP contribution in [0, 0.1) is 0 Å². The zero-order valence-electron chi connectivity index (χ0n) is 17.6. The molecule has 2 aromatic heterocycles. The highest BCUT2D eigenvalue weighted by molar-refractivity contribution is 5.90. The summed E-state index contributed by atoms with van der Waals surface area (Å²) in [5, 5.41) is 11.0. The van der Waals surface area contributed by atoms with Gasteiger partial charge in [-0.1, -0.05) is 47.7 Å². The Morgan fingerprint density at radius 2 is 1.72 bits per heavy atom. The second kappa shape index (κ2) is 9.11. The van der Waals surface area contributed by atoms with Gasteiger partial charge in [-0.3, -0.25) is 9.69 Å². The number of rotatable bonds is 6. The molecule has 5 rings (SSSR count). The number of hydrogen-bond acceptors (Lipinski definition) is 7. The van der Waals surface area contributed by atoms with Crippen LogP contribution in [0.3, 0.4) is 0 Å². The molecule has 32 heavy (non-hydrogen) atoms. The van der Waals surface area contributed by atoms with Crippen LogP contribution in [0.1, 0.15) is 5.56 Å². The van der Waals surface area contributed by atoms with E-state index >= 15 is 0 Å². The van der Waals surface area contributed by atoms with Gasteiger partial charge in [0.05, 0.1) is 5.52 Å². The number of aromatic nitrogens is 5. The molecule has 0 spiro atoms. The van der Waals surface area contributed by atoms with Gasteiger partial charge < -0.3 is 10.2 Å². The van der Waals surface area contributed by atoms with Crippen LogP contribution >= 0.6 is 0 Å². The Labute approximate surface area is 185 Å². The van der Waals surface area contributed by atoms with Crippen LogP contribution in [0.25, 0.3) is 11.0 Å². The van der Waals surface area contributed by atoms with Crippen LogP contribution in [-0.4, -0.2) is 61.9 Å². The molecule has 1 N–H and O–H groups in total. The fraction of sp³-hybridized carbons (Fsp3) is 0.261.